The molecule has 0 aliphatic carbocycles. The Bertz CT molecular complexity index is 327. The fraction of sp³-hybridized carbons (Fsp3) is 0.667. The van der Waals surface area contributed by atoms with Crippen LogP contribution in [-0.4, -0.2) is 22.6 Å². The van der Waals surface area contributed by atoms with Crippen LogP contribution in [0.5, 0.6) is 0 Å². The van der Waals surface area contributed by atoms with Gasteiger partial charge in [-0.2, -0.15) is 0 Å². The van der Waals surface area contributed by atoms with Gasteiger partial charge in [-0.05, 0) is 48.3 Å². The average molecular weight is 308 g/mol. The molecule has 2 rings (SSSR count). The van der Waals surface area contributed by atoms with Crippen LogP contribution in [0.25, 0.3) is 0 Å². The SMILES string of the molecule is C[C@@H]1CC[C@@H](C)P1/C=C/C=C\C=C\P1[C@H](C)CC[C@H]1C. The molecule has 20 heavy (non-hydrogen) atoms. The summed E-state index contributed by atoms with van der Waals surface area (Å²) in [7, 11) is 0.273. The third-order valence-electron chi connectivity index (χ3n) is 4.89. The third kappa shape index (κ3) is 4.29. The second-order valence-corrected chi connectivity index (χ2v) is 12.4. The van der Waals surface area contributed by atoms with E-state index in [4.69, 9.17) is 0 Å². The Balaban J connectivity index is 1.79. The van der Waals surface area contributed by atoms with E-state index < -0.39 is 0 Å². The van der Waals surface area contributed by atoms with Crippen molar-refractivity contribution in [2.24, 2.45) is 0 Å². The summed E-state index contributed by atoms with van der Waals surface area (Å²) in [4.78, 5) is 0. The summed E-state index contributed by atoms with van der Waals surface area (Å²) in [5.74, 6) is 4.99. The zero-order chi connectivity index (χ0) is 14.5. The van der Waals surface area contributed by atoms with Gasteiger partial charge in [0.25, 0.3) is 0 Å². The maximum Gasteiger partial charge on any atom is -0.0200 e. The van der Waals surface area contributed by atoms with Crippen molar-refractivity contribution < 1.29 is 0 Å². The van der Waals surface area contributed by atoms with Crippen molar-refractivity contribution in [1.82, 2.24) is 0 Å². The Kier molecular flexibility index (Phi) is 6.51. The highest BCUT2D eigenvalue weighted by atomic mass is 31.1. The minimum Gasteiger partial charge on any atom is -0.0774 e. The van der Waals surface area contributed by atoms with Crippen molar-refractivity contribution in [3.63, 3.8) is 0 Å². The molecule has 2 aliphatic rings. The maximum absolute atomic E-state index is 2.49. The van der Waals surface area contributed by atoms with Crippen LogP contribution in [0.15, 0.2) is 35.9 Å². The average Bonchev–Trinajstić information content (AvgIpc) is 2.90. The summed E-state index contributed by atoms with van der Waals surface area (Å²) >= 11 is 0. The first kappa shape index (κ1) is 16.5. The van der Waals surface area contributed by atoms with Gasteiger partial charge in [-0.15, -0.1) is 0 Å². The fourth-order valence-corrected chi connectivity index (χ4v) is 8.74. The van der Waals surface area contributed by atoms with Crippen LogP contribution in [0.1, 0.15) is 53.4 Å². The molecule has 0 radical (unpaired) electrons. The van der Waals surface area contributed by atoms with E-state index in [0.717, 1.165) is 22.6 Å². The van der Waals surface area contributed by atoms with E-state index in [1.165, 1.54) is 25.7 Å². The molecule has 2 fully saturated rings. The van der Waals surface area contributed by atoms with Gasteiger partial charge in [0.15, 0.2) is 0 Å². The summed E-state index contributed by atoms with van der Waals surface area (Å²) in [5.41, 5.74) is 3.74. The molecule has 0 unspecified atom stereocenters. The first-order chi connectivity index (χ1) is 9.59. The first-order valence-electron chi connectivity index (χ1n) is 8.16. The highest BCUT2D eigenvalue weighted by molar-refractivity contribution is 7.63. The lowest BCUT2D eigenvalue weighted by molar-refractivity contribution is 0.777. The predicted octanol–water partition coefficient (Wildman–Crippen LogP) is 6.68. The molecule has 2 saturated heterocycles. The van der Waals surface area contributed by atoms with Gasteiger partial charge in [0.05, 0.1) is 0 Å². The standard InChI is InChI=1S/C18H30P2/c1-15-9-10-16(2)19(15)13-7-5-6-8-14-20-17(3)11-12-18(20)4/h5-8,13-18H,9-12H2,1-4H3/b6-5-,13-7+,14-8+/t15-,16-,17-,18-/m1/s1. The van der Waals surface area contributed by atoms with Crippen LogP contribution in [0.3, 0.4) is 0 Å². The Morgan fingerprint density at radius 3 is 1.15 bits per heavy atom. The monoisotopic (exact) mass is 308 g/mol. The quantitative estimate of drug-likeness (QED) is 0.401. The van der Waals surface area contributed by atoms with E-state index in [9.17, 15) is 0 Å². The predicted molar refractivity (Wildman–Crippen MR) is 97.6 cm³/mol. The molecule has 2 heteroatoms. The van der Waals surface area contributed by atoms with E-state index in [1.807, 2.05) is 0 Å². The van der Waals surface area contributed by atoms with Crippen molar-refractivity contribution in [3.8, 4) is 0 Å². The summed E-state index contributed by atoms with van der Waals surface area (Å²) in [6.45, 7) is 9.70. The van der Waals surface area contributed by atoms with Crippen molar-refractivity contribution in [2.75, 3.05) is 0 Å². The van der Waals surface area contributed by atoms with Crippen LogP contribution >= 0.6 is 15.8 Å². The molecule has 4 atom stereocenters. The summed E-state index contributed by atoms with van der Waals surface area (Å²) in [6.07, 6.45) is 14.8. The normalized spacial score (nSPS) is 37.2. The number of hydrogen-bond acceptors (Lipinski definition) is 0. The molecule has 0 saturated carbocycles. The molecule has 0 aromatic heterocycles. The molecule has 0 bridgehead atoms. The fourth-order valence-electron chi connectivity index (χ4n) is 3.44. The molecule has 0 N–H and O–H groups in total. The Morgan fingerprint density at radius 1 is 0.550 bits per heavy atom. The highest BCUT2D eigenvalue weighted by Gasteiger charge is 2.27. The van der Waals surface area contributed by atoms with E-state index in [0.29, 0.717) is 0 Å². The molecule has 0 spiro atoms. The zero-order valence-electron chi connectivity index (χ0n) is 13.5. The number of rotatable bonds is 4. The largest absolute Gasteiger partial charge is 0.0774 e. The lowest BCUT2D eigenvalue weighted by Crippen LogP contribution is -1.92. The Labute approximate surface area is 128 Å². The van der Waals surface area contributed by atoms with Crippen molar-refractivity contribution in [2.45, 2.75) is 76.0 Å². The zero-order valence-corrected chi connectivity index (χ0v) is 15.3. The van der Waals surface area contributed by atoms with Gasteiger partial charge in [-0.25, -0.2) is 0 Å². The molecular weight excluding hydrogens is 278 g/mol. The number of allylic oxidation sites excluding steroid dienone is 4. The van der Waals surface area contributed by atoms with E-state index in [2.05, 4.69) is 63.6 Å². The second-order valence-electron chi connectivity index (χ2n) is 6.51. The smallest absolute Gasteiger partial charge is 0.0200 e. The molecule has 112 valence electrons. The van der Waals surface area contributed by atoms with Gasteiger partial charge in [-0.3, -0.25) is 0 Å². The van der Waals surface area contributed by atoms with Crippen LogP contribution < -0.4 is 0 Å². The second kappa shape index (κ2) is 7.91. The lowest BCUT2D eigenvalue weighted by Gasteiger charge is -2.15. The maximum atomic E-state index is 2.49. The van der Waals surface area contributed by atoms with Crippen LogP contribution in [0, 0.1) is 0 Å². The molecule has 2 aliphatic heterocycles. The van der Waals surface area contributed by atoms with Crippen LogP contribution in [-0.2, 0) is 0 Å². The van der Waals surface area contributed by atoms with Gasteiger partial charge in [0.1, 0.15) is 0 Å². The van der Waals surface area contributed by atoms with Gasteiger partial charge >= 0.3 is 0 Å². The van der Waals surface area contributed by atoms with Crippen molar-refractivity contribution in [3.05, 3.63) is 35.9 Å². The molecule has 0 nitrogen and oxygen atoms in total. The van der Waals surface area contributed by atoms with Gasteiger partial charge in [-0.1, -0.05) is 79.5 Å². The molecular formula is C18H30P2. The summed E-state index contributed by atoms with van der Waals surface area (Å²) < 4.78 is 0. The minimum atomic E-state index is 0.137. The molecule has 0 aromatic carbocycles. The van der Waals surface area contributed by atoms with Crippen molar-refractivity contribution >= 4 is 15.8 Å². The van der Waals surface area contributed by atoms with E-state index >= 15 is 0 Å². The van der Waals surface area contributed by atoms with Crippen molar-refractivity contribution in [1.29, 1.82) is 0 Å². The van der Waals surface area contributed by atoms with Gasteiger partial charge in [0, 0.05) is 0 Å². The summed E-state index contributed by atoms with van der Waals surface area (Å²) in [5, 5.41) is 0. The van der Waals surface area contributed by atoms with Gasteiger partial charge < -0.3 is 0 Å². The van der Waals surface area contributed by atoms with Gasteiger partial charge in [0.2, 0.25) is 0 Å². The Hall–Kier alpha value is 0.0800. The summed E-state index contributed by atoms with van der Waals surface area (Å²) in [6, 6.07) is 0. The van der Waals surface area contributed by atoms with E-state index in [-0.39, 0.29) is 15.8 Å². The van der Waals surface area contributed by atoms with E-state index in [1.54, 1.807) is 0 Å². The molecule has 0 amide bonds. The minimum absolute atomic E-state index is 0.137. The third-order valence-corrected chi connectivity index (χ3v) is 11.0. The topological polar surface area (TPSA) is 0 Å². The number of hydrogen-bond donors (Lipinski definition) is 0. The Morgan fingerprint density at radius 2 is 0.850 bits per heavy atom. The molecule has 2 heterocycles. The van der Waals surface area contributed by atoms with Crippen LogP contribution in [0.2, 0.25) is 0 Å². The first-order valence-corrected chi connectivity index (χ1v) is 11.3. The lowest BCUT2D eigenvalue weighted by atomic mass is 10.2. The molecule has 0 aromatic rings. The van der Waals surface area contributed by atoms with Crippen LogP contribution in [0.4, 0.5) is 0 Å². The highest BCUT2D eigenvalue weighted by Crippen LogP contribution is 2.57.